The van der Waals surface area contributed by atoms with Gasteiger partial charge in [-0.25, -0.2) is 31.8 Å². The van der Waals surface area contributed by atoms with Gasteiger partial charge in [-0.3, -0.25) is 4.74 Å². The first kappa shape index (κ1) is 38.2. The van der Waals surface area contributed by atoms with Crippen molar-refractivity contribution < 1.29 is 124 Å². The lowest BCUT2D eigenvalue weighted by Gasteiger charge is -2.38. The molecule has 0 saturated heterocycles. The zero-order chi connectivity index (χ0) is 33.0. The van der Waals surface area contributed by atoms with Crippen molar-refractivity contribution in [2.45, 2.75) is 73.6 Å². The fourth-order valence-corrected chi connectivity index (χ4v) is 1.64. The van der Waals surface area contributed by atoms with E-state index in [1.54, 1.807) is 0 Å². The van der Waals surface area contributed by atoms with E-state index >= 15 is 0 Å². The lowest BCUT2D eigenvalue weighted by Crippen LogP contribution is -2.67. The molecule has 0 aliphatic heterocycles. The van der Waals surface area contributed by atoms with Crippen LogP contribution in [-0.4, -0.2) is 73.6 Å². The van der Waals surface area contributed by atoms with E-state index in [0.29, 0.717) is 0 Å². The molecule has 0 spiro atoms. The largest absolute Gasteiger partial charge is 0.496 e. The van der Waals surface area contributed by atoms with E-state index in [1.165, 1.54) is 18.9 Å². The van der Waals surface area contributed by atoms with Crippen molar-refractivity contribution >= 4 is 0 Å². The van der Waals surface area contributed by atoms with Gasteiger partial charge in [0.25, 0.3) is 0 Å². The summed E-state index contributed by atoms with van der Waals surface area (Å²) in [6.07, 6.45) is -58.3. The predicted molar refractivity (Wildman–Crippen MR) is 65.8 cm³/mol. The minimum Gasteiger partial charge on any atom is -0.268 e. The summed E-state index contributed by atoms with van der Waals surface area (Å²) in [7, 11) is 0. The van der Waals surface area contributed by atoms with Gasteiger partial charge in [-0.15, -0.1) is 17.6 Å². The molecule has 0 aliphatic carbocycles. The standard InChI is InChI=1S/C12H2F24O4/c13-1(14)3(17,2(15)16)37-9(29,30)4(18,19)5(20,21)10(31,32)39-12(35,36)40-11(33,34)38-6(22,7(23,24)25)8(26,27)28/h1-2H. The van der Waals surface area contributed by atoms with Gasteiger partial charge >= 0.3 is 73.6 Å². The van der Waals surface area contributed by atoms with Gasteiger partial charge in [0.1, 0.15) is 0 Å². The van der Waals surface area contributed by atoms with Gasteiger partial charge in [0.15, 0.2) is 0 Å². The van der Waals surface area contributed by atoms with Crippen molar-refractivity contribution in [1.29, 1.82) is 0 Å². The normalized spacial score (nSPS) is 16.4. The molecule has 0 bridgehead atoms. The molecule has 0 fully saturated rings. The molecule has 0 aromatic rings. The van der Waals surface area contributed by atoms with Crippen molar-refractivity contribution in [2.24, 2.45) is 0 Å². The highest BCUT2D eigenvalue weighted by Gasteiger charge is 2.86. The summed E-state index contributed by atoms with van der Waals surface area (Å²) < 4.78 is 311. The second kappa shape index (κ2) is 10.5. The molecule has 0 atom stereocenters. The third kappa shape index (κ3) is 7.13. The molecule has 0 rings (SSSR count). The molecule has 0 heterocycles. The van der Waals surface area contributed by atoms with Crippen molar-refractivity contribution in [3.05, 3.63) is 0 Å². The van der Waals surface area contributed by atoms with Crippen LogP contribution in [0.15, 0.2) is 0 Å². The van der Waals surface area contributed by atoms with E-state index in [1.807, 2.05) is 0 Å². The zero-order valence-corrected chi connectivity index (χ0v) is 16.9. The summed E-state index contributed by atoms with van der Waals surface area (Å²) in [5.74, 6) is -31.5. The lowest BCUT2D eigenvalue weighted by molar-refractivity contribution is -0.603. The van der Waals surface area contributed by atoms with E-state index in [0.717, 1.165) is 0 Å². The van der Waals surface area contributed by atoms with Gasteiger partial charge in [0.05, 0.1) is 0 Å². The monoisotopic (exact) mass is 666 g/mol. The average molecular weight is 666 g/mol. The molecule has 0 unspecified atom stereocenters. The molecule has 0 aromatic heterocycles. The van der Waals surface area contributed by atoms with Gasteiger partial charge in [-0.2, -0.15) is 70.2 Å². The minimum atomic E-state index is -8.54. The van der Waals surface area contributed by atoms with Gasteiger partial charge in [0, 0.05) is 0 Å². The Morgan fingerprint density at radius 2 is 0.625 bits per heavy atom. The lowest BCUT2D eigenvalue weighted by atomic mass is 10.1. The Labute approximate surface area is 199 Å². The average Bonchev–Trinajstić information content (AvgIpc) is 2.62. The summed E-state index contributed by atoms with van der Waals surface area (Å²) in [4.78, 5) is 0. The fraction of sp³-hybridized carbons (Fsp3) is 1.00. The molecule has 0 amide bonds. The van der Waals surface area contributed by atoms with Crippen LogP contribution >= 0.6 is 0 Å². The second-order valence-electron chi connectivity index (χ2n) is 6.41. The second-order valence-corrected chi connectivity index (χ2v) is 6.41. The summed E-state index contributed by atoms with van der Waals surface area (Å²) in [5.41, 5.74) is 0. The molecule has 0 radical (unpaired) electrons. The summed E-state index contributed by atoms with van der Waals surface area (Å²) in [5, 5.41) is 0. The third-order valence-electron chi connectivity index (χ3n) is 3.48. The molecule has 4 nitrogen and oxygen atoms in total. The van der Waals surface area contributed by atoms with Crippen LogP contribution in [0.1, 0.15) is 0 Å². The number of ether oxygens (including phenoxy) is 4. The van der Waals surface area contributed by atoms with Crippen LogP contribution in [0.5, 0.6) is 0 Å². The van der Waals surface area contributed by atoms with Crippen LogP contribution < -0.4 is 0 Å². The van der Waals surface area contributed by atoms with Gasteiger partial charge in [0.2, 0.25) is 0 Å². The van der Waals surface area contributed by atoms with Crippen LogP contribution in [0.3, 0.4) is 0 Å². The predicted octanol–water partition coefficient (Wildman–Crippen LogP) is 7.60. The molecular weight excluding hydrogens is 664 g/mol. The number of hydrogen-bond donors (Lipinski definition) is 0. The molecule has 242 valence electrons. The van der Waals surface area contributed by atoms with Crippen LogP contribution in [0, 0.1) is 0 Å². The van der Waals surface area contributed by atoms with Gasteiger partial charge in [-0.1, -0.05) is 0 Å². The fourth-order valence-electron chi connectivity index (χ4n) is 1.64. The Morgan fingerprint density at radius 3 is 0.900 bits per heavy atom. The van der Waals surface area contributed by atoms with Crippen LogP contribution in [0.25, 0.3) is 0 Å². The summed E-state index contributed by atoms with van der Waals surface area (Å²) >= 11 is 0. The van der Waals surface area contributed by atoms with E-state index < -0.39 is 73.6 Å². The highest BCUT2D eigenvalue weighted by atomic mass is 19.4. The summed E-state index contributed by atoms with van der Waals surface area (Å²) in [6.45, 7) is 0. The smallest absolute Gasteiger partial charge is 0.268 e. The van der Waals surface area contributed by atoms with E-state index in [9.17, 15) is 105 Å². The van der Waals surface area contributed by atoms with E-state index in [4.69, 9.17) is 0 Å². The maximum absolute atomic E-state index is 13.4. The zero-order valence-electron chi connectivity index (χ0n) is 16.9. The molecule has 0 aliphatic rings. The molecular formula is C12H2F24O4. The van der Waals surface area contributed by atoms with Crippen LogP contribution in [-0.2, 0) is 18.9 Å². The van der Waals surface area contributed by atoms with Crippen molar-refractivity contribution in [3.8, 4) is 0 Å². The van der Waals surface area contributed by atoms with Crippen molar-refractivity contribution in [1.82, 2.24) is 0 Å². The highest BCUT2D eigenvalue weighted by molar-refractivity contribution is 4.98. The quantitative estimate of drug-likeness (QED) is 0.150. The van der Waals surface area contributed by atoms with Crippen LogP contribution in [0.2, 0.25) is 0 Å². The number of halogens is 24. The molecule has 0 saturated carbocycles. The van der Waals surface area contributed by atoms with E-state index in [2.05, 4.69) is 0 Å². The SMILES string of the molecule is FC(F)C(F)(OC(F)(F)C(F)(F)C(F)(F)C(F)(F)OC(F)(F)OC(F)(F)OC(F)(C(F)(F)F)C(F)(F)F)C(F)F. The number of hydrogen-bond acceptors (Lipinski definition) is 4. The molecule has 0 aromatic carbocycles. The molecule has 0 N–H and O–H groups in total. The van der Waals surface area contributed by atoms with Crippen LogP contribution in [0.4, 0.5) is 105 Å². The topological polar surface area (TPSA) is 36.9 Å². The Kier molecular flexibility index (Phi) is 9.98. The van der Waals surface area contributed by atoms with Crippen molar-refractivity contribution in [3.63, 3.8) is 0 Å². The Bertz CT molecular complexity index is 837. The maximum Gasteiger partial charge on any atom is 0.496 e. The minimum absolute atomic E-state index is 1.18. The number of alkyl halides is 24. The molecule has 40 heavy (non-hydrogen) atoms. The summed E-state index contributed by atoms with van der Waals surface area (Å²) in [6, 6.07) is 0. The Hall–Kier alpha value is -1.84. The van der Waals surface area contributed by atoms with Gasteiger partial charge < -0.3 is 0 Å². The maximum atomic E-state index is 13.4. The first-order chi connectivity index (χ1) is 17.0. The number of rotatable bonds is 13. The first-order valence-electron chi connectivity index (χ1n) is 8.11. The van der Waals surface area contributed by atoms with Crippen molar-refractivity contribution in [2.75, 3.05) is 0 Å². The molecule has 28 heteroatoms. The van der Waals surface area contributed by atoms with E-state index in [-0.39, 0.29) is 0 Å². The van der Waals surface area contributed by atoms with Gasteiger partial charge in [-0.05, 0) is 0 Å². The third-order valence-corrected chi connectivity index (χ3v) is 3.48. The first-order valence-corrected chi connectivity index (χ1v) is 8.11. The Morgan fingerprint density at radius 1 is 0.350 bits per heavy atom. The highest BCUT2D eigenvalue weighted by Crippen LogP contribution is 2.57. The Balaban J connectivity index is 6.31.